The summed E-state index contributed by atoms with van der Waals surface area (Å²) >= 11 is 0. The maximum atomic E-state index is 12.5. The molecule has 1 heterocycles. The van der Waals surface area contributed by atoms with Gasteiger partial charge in [-0.25, -0.2) is 0 Å². The number of morpholine rings is 1. The van der Waals surface area contributed by atoms with Gasteiger partial charge in [0.1, 0.15) is 0 Å². The molecule has 4 heteroatoms. The van der Waals surface area contributed by atoms with Crippen LogP contribution in [0.15, 0.2) is 0 Å². The molecule has 0 bridgehead atoms. The van der Waals surface area contributed by atoms with Crippen LogP contribution in [0.25, 0.3) is 0 Å². The molecule has 98 valence electrons. The summed E-state index contributed by atoms with van der Waals surface area (Å²) in [4.78, 5) is 14.5. The van der Waals surface area contributed by atoms with Crippen LogP contribution in [0.3, 0.4) is 0 Å². The van der Waals surface area contributed by atoms with E-state index in [2.05, 4.69) is 6.92 Å². The van der Waals surface area contributed by atoms with Crippen molar-refractivity contribution >= 4 is 5.91 Å². The van der Waals surface area contributed by atoms with Crippen LogP contribution in [-0.2, 0) is 9.53 Å². The van der Waals surface area contributed by atoms with Crippen molar-refractivity contribution in [2.24, 2.45) is 11.7 Å². The van der Waals surface area contributed by atoms with E-state index in [-0.39, 0.29) is 30.0 Å². The molecule has 1 aliphatic carbocycles. The van der Waals surface area contributed by atoms with Gasteiger partial charge in [-0.3, -0.25) is 4.79 Å². The first-order valence-electron chi connectivity index (χ1n) is 6.81. The fourth-order valence-electron chi connectivity index (χ4n) is 2.96. The van der Waals surface area contributed by atoms with Crippen molar-refractivity contribution < 1.29 is 9.53 Å². The second-order valence-electron chi connectivity index (χ2n) is 5.40. The van der Waals surface area contributed by atoms with Crippen molar-refractivity contribution in [2.45, 2.75) is 57.7 Å². The fraction of sp³-hybridized carbons (Fsp3) is 0.923. The molecule has 2 aliphatic rings. The third-order valence-corrected chi connectivity index (χ3v) is 4.11. The highest BCUT2D eigenvalue weighted by Gasteiger charge is 2.37. The molecule has 1 amide bonds. The number of rotatable bonds is 2. The zero-order valence-electron chi connectivity index (χ0n) is 10.9. The summed E-state index contributed by atoms with van der Waals surface area (Å²) < 4.78 is 5.63. The van der Waals surface area contributed by atoms with E-state index in [0.717, 1.165) is 32.2 Å². The van der Waals surface area contributed by atoms with Crippen molar-refractivity contribution in [1.82, 2.24) is 4.90 Å². The first-order chi connectivity index (χ1) is 8.13. The minimum absolute atomic E-state index is 0.0503. The van der Waals surface area contributed by atoms with Crippen molar-refractivity contribution in [3.63, 3.8) is 0 Å². The molecule has 0 spiro atoms. The monoisotopic (exact) mass is 240 g/mol. The van der Waals surface area contributed by atoms with E-state index >= 15 is 0 Å². The minimum atomic E-state index is 0.0503. The number of ether oxygens (including phenoxy) is 1. The van der Waals surface area contributed by atoms with Crippen LogP contribution in [0, 0.1) is 5.92 Å². The van der Waals surface area contributed by atoms with Gasteiger partial charge in [0, 0.05) is 12.6 Å². The molecule has 0 aromatic carbocycles. The lowest BCUT2D eigenvalue weighted by Gasteiger charge is -2.40. The van der Waals surface area contributed by atoms with E-state index < -0.39 is 0 Å². The van der Waals surface area contributed by atoms with Crippen LogP contribution in [0.4, 0.5) is 0 Å². The van der Waals surface area contributed by atoms with Crippen LogP contribution in [0.2, 0.25) is 0 Å². The summed E-state index contributed by atoms with van der Waals surface area (Å²) in [6.07, 6.45) is 4.16. The lowest BCUT2D eigenvalue weighted by Crippen LogP contribution is -2.54. The van der Waals surface area contributed by atoms with Crippen molar-refractivity contribution in [1.29, 1.82) is 0 Å². The molecule has 1 saturated carbocycles. The summed E-state index contributed by atoms with van der Waals surface area (Å²) in [6.45, 7) is 5.53. The number of carbonyl (C=O) groups excluding carboxylic acids is 1. The number of nitrogens with zero attached hydrogens (tertiary/aromatic N) is 1. The zero-order valence-corrected chi connectivity index (χ0v) is 10.9. The van der Waals surface area contributed by atoms with E-state index in [9.17, 15) is 4.79 Å². The molecule has 1 aliphatic heterocycles. The molecule has 1 saturated heterocycles. The summed E-state index contributed by atoms with van der Waals surface area (Å²) in [6, 6.07) is 0.310. The van der Waals surface area contributed by atoms with Crippen molar-refractivity contribution in [3.05, 3.63) is 0 Å². The minimum Gasteiger partial charge on any atom is -0.375 e. The van der Waals surface area contributed by atoms with Gasteiger partial charge in [-0.15, -0.1) is 0 Å². The number of hydrogen-bond acceptors (Lipinski definition) is 3. The highest BCUT2D eigenvalue weighted by molar-refractivity contribution is 5.80. The predicted octanol–water partition coefficient (Wildman–Crippen LogP) is 1.14. The normalized spacial score (nSPS) is 38.4. The Labute approximate surface area is 103 Å². The molecule has 4 nitrogen and oxygen atoms in total. The standard InChI is InChI=1S/C13H24N2O2/c1-3-10-8-17-9(2)7-15(10)13(16)11-5-4-6-12(11)14/h9-12H,3-8,14H2,1-2H3. The Morgan fingerprint density at radius 2 is 2.24 bits per heavy atom. The molecule has 4 atom stereocenters. The van der Waals surface area contributed by atoms with E-state index in [1.165, 1.54) is 0 Å². The summed E-state index contributed by atoms with van der Waals surface area (Å²) in [5.74, 6) is 0.311. The van der Waals surface area contributed by atoms with Gasteiger partial charge in [0.2, 0.25) is 5.91 Å². The predicted molar refractivity (Wildman–Crippen MR) is 66.5 cm³/mol. The molecule has 0 aromatic heterocycles. The maximum Gasteiger partial charge on any atom is 0.227 e. The first-order valence-corrected chi connectivity index (χ1v) is 6.81. The fourth-order valence-corrected chi connectivity index (χ4v) is 2.96. The Bertz CT molecular complexity index is 283. The Morgan fingerprint density at radius 3 is 2.82 bits per heavy atom. The molecule has 0 radical (unpaired) electrons. The molecule has 2 N–H and O–H groups in total. The number of amides is 1. The van der Waals surface area contributed by atoms with Gasteiger partial charge in [0.05, 0.1) is 24.7 Å². The smallest absolute Gasteiger partial charge is 0.227 e. The van der Waals surface area contributed by atoms with Crippen molar-refractivity contribution in [2.75, 3.05) is 13.2 Å². The third-order valence-electron chi connectivity index (χ3n) is 4.11. The summed E-state index contributed by atoms with van der Waals surface area (Å²) in [5, 5.41) is 0. The first kappa shape index (κ1) is 12.8. The SMILES string of the molecule is CCC1COC(C)CN1C(=O)C1CCCC1N. The van der Waals surface area contributed by atoms with E-state index in [1.807, 2.05) is 11.8 Å². The second-order valence-corrected chi connectivity index (χ2v) is 5.40. The Balaban J connectivity index is 2.05. The van der Waals surface area contributed by atoms with Gasteiger partial charge in [0.25, 0.3) is 0 Å². The lowest BCUT2D eigenvalue weighted by molar-refractivity contribution is -0.148. The number of hydrogen-bond donors (Lipinski definition) is 1. The molecular weight excluding hydrogens is 216 g/mol. The van der Waals surface area contributed by atoms with Gasteiger partial charge < -0.3 is 15.4 Å². The van der Waals surface area contributed by atoms with Gasteiger partial charge in [-0.2, -0.15) is 0 Å². The van der Waals surface area contributed by atoms with Crippen LogP contribution in [-0.4, -0.2) is 42.1 Å². The van der Waals surface area contributed by atoms with Crippen LogP contribution in [0.1, 0.15) is 39.5 Å². The lowest BCUT2D eigenvalue weighted by atomic mass is 10.00. The summed E-state index contributed by atoms with van der Waals surface area (Å²) in [5.41, 5.74) is 6.03. The van der Waals surface area contributed by atoms with E-state index in [1.54, 1.807) is 0 Å². The van der Waals surface area contributed by atoms with E-state index in [4.69, 9.17) is 10.5 Å². The molecule has 4 unspecified atom stereocenters. The van der Waals surface area contributed by atoms with Gasteiger partial charge in [-0.1, -0.05) is 13.3 Å². The Morgan fingerprint density at radius 1 is 1.47 bits per heavy atom. The Kier molecular flexibility index (Phi) is 4.05. The van der Waals surface area contributed by atoms with E-state index in [0.29, 0.717) is 6.61 Å². The second kappa shape index (κ2) is 5.36. The van der Waals surface area contributed by atoms with Gasteiger partial charge >= 0.3 is 0 Å². The van der Waals surface area contributed by atoms with Gasteiger partial charge in [-0.05, 0) is 26.2 Å². The molecule has 2 rings (SSSR count). The average Bonchev–Trinajstić information content (AvgIpc) is 2.74. The number of carbonyl (C=O) groups is 1. The molecular formula is C13H24N2O2. The molecule has 17 heavy (non-hydrogen) atoms. The largest absolute Gasteiger partial charge is 0.375 e. The number of nitrogens with two attached hydrogens (primary N) is 1. The molecule has 2 fully saturated rings. The Hall–Kier alpha value is -0.610. The molecule has 0 aromatic rings. The maximum absolute atomic E-state index is 12.5. The van der Waals surface area contributed by atoms with Crippen LogP contribution in [0.5, 0.6) is 0 Å². The quantitative estimate of drug-likeness (QED) is 0.787. The highest BCUT2D eigenvalue weighted by Crippen LogP contribution is 2.28. The highest BCUT2D eigenvalue weighted by atomic mass is 16.5. The van der Waals surface area contributed by atoms with Crippen LogP contribution < -0.4 is 5.73 Å². The van der Waals surface area contributed by atoms with Crippen LogP contribution >= 0.6 is 0 Å². The topological polar surface area (TPSA) is 55.6 Å². The summed E-state index contributed by atoms with van der Waals surface area (Å²) in [7, 11) is 0. The average molecular weight is 240 g/mol. The third kappa shape index (κ3) is 2.63. The zero-order chi connectivity index (χ0) is 12.4. The van der Waals surface area contributed by atoms with Crippen molar-refractivity contribution in [3.8, 4) is 0 Å². The van der Waals surface area contributed by atoms with Gasteiger partial charge in [0.15, 0.2) is 0 Å².